The van der Waals surface area contributed by atoms with Crippen molar-refractivity contribution in [3.63, 3.8) is 0 Å². The van der Waals surface area contributed by atoms with E-state index in [1.54, 1.807) is 23.0 Å². The first kappa shape index (κ1) is 25.0. The third kappa shape index (κ3) is 5.40. The summed E-state index contributed by atoms with van der Waals surface area (Å²) in [7, 11) is 1.48. The number of aryl methyl sites for hydroxylation is 1. The molecule has 3 heterocycles. The number of carbonyl (C=O) groups excluding carboxylic acids is 2. The lowest BCUT2D eigenvalue weighted by molar-refractivity contribution is -0.145. The Morgan fingerprint density at radius 3 is 2.69 bits per heavy atom. The summed E-state index contributed by atoms with van der Waals surface area (Å²) < 4.78 is 47.5. The SMILES string of the molecule is COc1nc(C=CC(=O)NN2CCCC(c3ccccc3C(F)(F)F)C2=O)ccc1-n1cnc(C)c1. The molecule has 0 bridgehead atoms. The number of methoxy groups -OCH3 is 1. The molecule has 4 rings (SSSR count). The van der Waals surface area contributed by atoms with Gasteiger partial charge in [0.15, 0.2) is 0 Å². The van der Waals surface area contributed by atoms with Crippen LogP contribution in [0, 0.1) is 6.92 Å². The van der Waals surface area contributed by atoms with Crippen LogP contribution in [0.1, 0.15) is 41.3 Å². The van der Waals surface area contributed by atoms with E-state index in [4.69, 9.17) is 4.74 Å². The minimum atomic E-state index is -4.58. The molecule has 188 valence electrons. The fourth-order valence-corrected chi connectivity index (χ4v) is 4.11. The Balaban J connectivity index is 1.46. The summed E-state index contributed by atoms with van der Waals surface area (Å²) in [4.78, 5) is 34.0. The van der Waals surface area contributed by atoms with Crippen LogP contribution in [-0.2, 0) is 15.8 Å². The number of hydrogen-bond donors (Lipinski definition) is 1. The van der Waals surface area contributed by atoms with Gasteiger partial charge in [0.2, 0.25) is 11.8 Å². The number of hydrogen-bond acceptors (Lipinski definition) is 5. The molecule has 36 heavy (non-hydrogen) atoms. The summed E-state index contributed by atoms with van der Waals surface area (Å²) in [6.07, 6.45) is 2.23. The third-order valence-electron chi connectivity index (χ3n) is 5.78. The zero-order valence-corrected chi connectivity index (χ0v) is 19.6. The second-order valence-electron chi connectivity index (χ2n) is 8.27. The van der Waals surface area contributed by atoms with Gasteiger partial charge in [0.05, 0.1) is 36.3 Å². The first-order valence-corrected chi connectivity index (χ1v) is 11.2. The lowest BCUT2D eigenvalue weighted by atomic mass is 9.87. The molecule has 1 aliphatic rings. The number of carbonyl (C=O) groups is 2. The molecule has 0 radical (unpaired) electrons. The predicted molar refractivity (Wildman–Crippen MR) is 125 cm³/mol. The van der Waals surface area contributed by atoms with E-state index in [2.05, 4.69) is 15.4 Å². The van der Waals surface area contributed by atoms with E-state index in [0.29, 0.717) is 23.7 Å². The van der Waals surface area contributed by atoms with Gasteiger partial charge in [-0.2, -0.15) is 13.2 Å². The van der Waals surface area contributed by atoms with Crippen LogP contribution in [0.4, 0.5) is 13.2 Å². The van der Waals surface area contributed by atoms with Gasteiger partial charge in [-0.3, -0.25) is 20.0 Å². The van der Waals surface area contributed by atoms with Crippen LogP contribution in [-0.4, -0.2) is 45.0 Å². The number of hydrazine groups is 1. The monoisotopic (exact) mass is 499 g/mol. The minimum absolute atomic E-state index is 0.0889. The van der Waals surface area contributed by atoms with Gasteiger partial charge in [-0.15, -0.1) is 0 Å². The Bertz CT molecular complexity index is 1300. The van der Waals surface area contributed by atoms with Crippen molar-refractivity contribution in [3.8, 4) is 11.6 Å². The van der Waals surface area contributed by atoms with Gasteiger partial charge in [-0.1, -0.05) is 18.2 Å². The van der Waals surface area contributed by atoms with Gasteiger partial charge in [0.1, 0.15) is 5.69 Å². The van der Waals surface area contributed by atoms with E-state index in [1.807, 2.05) is 13.1 Å². The number of rotatable bonds is 6. The topological polar surface area (TPSA) is 89.4 Å². The second-order valence-corrected chi connectivity index (χ2v) is 8.27. The van der Waals surface area contributed by atoms with Crippen molar-refractivity contribution < 1.29 is 27.5 Å². The van der Waals surface area contributed by atoms with Crippen LogP contribution in [0.2, 0.25) is 0 Å². The summed E-state index contributed by atoms with van der Waals surface area (Å²) in [5, 5.41) is 1.08. The highest BCUT2D eigenvalue weighted by Gasteiger charge is 2.39. The molecule has 0 spiro atoms. The number of imidazole rings is 1. The predicted octanol–water partition coefficient (Wildman–Crippen LogP) is 4.05. The number of ether oxygens (including phenoxy) is 1. The molecule has 1 unspecified atom stereocenters. The standard InChI is InChI=1S/C25H24F3N5O3/c1-16-14-32(15-29-16)21-11-9-17(30-23(21)36-2)10-12-22(34)31-33-13-5-7-19(24(33)35)18-6-3-4-8-20(18)25(26,27)28/h3-4,6,8-12,14-15,19H,5,7,13H2,1-2H3,(H,31,34). The summed E-state index contributed by atoms with van der Waals surface area (Å²) >= 11 is 0. The molecule has 1 saturated heterocycles. The molecule has 1 N–H and O–H groups in total. The van der Waals surface area contributed by atoms with Crippen LogP contribution in [0.5, 0.6) is 5.88 Å². The van der Waals surface area contributed by atoms with E-state index in [0.717, 1.165) is 16.8 Å². The molecule has 1 aromatic carbocycles. The Kier molecular flexibility index (Phi) is 7.09. The fourth-order valence-electron chi connectivity index (χ4n) is 4.11. The minimum Gasteiger partial charge on any atom is -0.479 e. The molecule has 3 aromatic rings. The smallest absolute Gasteiger partial charge is 0.416 e. The molecular formula is C25H24F3N5O3. The van der Waals surface area contributed by atoms with Crippen LogP contribution >= 0.6 is 0 Å². The Labute approximate surface area is 205 Å². The number of halogens is 3. The first-order chi connectivity index (χ1) is 17.2. The quantitative estimate of drug-likeness (QED) is 0.517. The van der Waals surface area contributed by atoms with Crippen molar-refractivity contribution in [1.82, 2.24) is 25.0 Å². The largest absolute Gasteiger partial charge is 0.479 e. The molecule has 0 aliphatic carbocycles. The highest BCUT2D eigenvalue weighted by atomic mass is 19.4. The van der Waals surface area contributed by atoms with Crippen molar-refractivity contribution in [2.45, 2.75) is 31.9 Å². The molecule has 1 fully saturated rings. The summed E-state index contributed by atoms with van der Waals surface area (Å²) in [5.74, 6) is -1.86. The van der Waals surface area contributed by atoms with E-state index in [-0.39, 0.29) is 18.5 Å². The summed E-state index contributed by atoms with van der Waals surface area (Å²) in [6, 6.07) is 8.48. The van der Waals surface area contributed by atoms with Crippen molar-refractivity contribution >= 4 is 17.9 Å². The number of benzene rings is 1. The van der Waals surface area contributed by atoms with Crippen molar-refractivity contribution in [2.75, 3.05) is 13.7 Å². The maximum Gasteiger partial charge on any atom is 0.416 e. The van der Waals surface area contributed by atoms with Crippen molar-refractivity contribution in [3.05, 3.63) is 77.5 Å². The second kappa shape index (κ2) is 10.2. The van der Waals surface area contributed by atoms with Gasteiger partial charge in [0.25, 0.3) is 5.91 Å². The number of nitrogens with one attached hydrogen (secondary N) is 1. The third-order valence-corrected chi connectivity index (χ3v) is 5.78. The van der Waals surface area contributed by atoms with Gasteiger partial charge >= 0.3 is 6.18 Å². The summed E-state index contributed by atoms with van der Waals surface area (Å²) in [6.45, 7) is 2.06. The summed E-state index contributed by atoms with van der Waals surface area (Å²) in [5.41, 5.74) is 3.47. The lowest BCUT2D eigenvalue weighted by Gasteiger charge is -2.33. The van der Waals surface area contributed by atoms with Crippen LogP contribution < -0.4 is 10.2 Å². The van der Waals surface area contributed by atoms with Gasteiger partial charge in [-0.25, -0.2) is 9.97 Å². The highest BCUT2D eigenvalue weighted by Crippen LogP contribution is 2.38. The molecule has 2 amide bonds. The Morgan fingerprint density at radius 1 is 1.22 bits per heavy atom. The van der Waals surface area contributed by atoms with Gasteiger partial charge in [-0.05, 0) is 49.6 Å². The number of amides is 2. The number of pyridine rings is 1. The lowest BCUT2D eigenvalue weighted by Crippen LogP contribution is -2.50. The average Bonchev–Trinajstić information content (AvgIpc) is 3.29. The van der Waals surface area contributed by atoms with E-state index in [9.17, 15) is 22.8 Å². The zero-order valence-electron chi connectivity index (χ0n) is 19.6. The maximum atomic E-state index is 13.5. The number of piperidine rings is 1. The fraction of sp³-hybridized carbons (Fsp3) is 0.280. The molecule has 11 heteroatoms. The number of alkyl halides is 3. The van der Waals surface area contributed by atoms with Crippen LogP contribution in [0.3, 0.4) is 0 Å². The van der Waals surface area contributed by atoms with Crippen molar-refractivity contribution in [1.29, 1.82) is 0 Å². The average molecular weight is 499 g/mol. The number of nitrogens with zero attached hydrogens (tertiary/aromatic N) is 4. The first-order valence-electron chi connectivity index (χ1n) is 11.2. The van der Waals surface area contributed by atoms with Gasteiger partial charge < -0.3 is 9.30 Å². The molecule has 8 nitrogen and oxygen atoms in total. The highest BCUT2D eigenvalue weighted by molar-refractivity contribution is 5.94. The van der Waals surface area contributed by atoms with Crippen molar-refractivity contribution in [2.24, 2.45) is 0 Å². The maximum absolute atomic E-state index is 13.5. The molecule has 2 aromatic heterocycles. The molecule has 1 atom stereocenters. The van der Waals surface area contributed by atoms with E-state index >= 15 is 0 Å². The van der Waals surface area contributed by atoms with Crippen LogP contribution in [0.15, 0.2) is 55.0 Å². The number of aromatic nitrogens is 3. The normalized spacial score (nSPS) is 16.4. The molecular weight excluding hydrogens is 475 g/mol. The Hall–Kier alpha value is -4.15. The van der Waals surface area contributed by atoms with E-state index < -0.39 is 29.5 Å². The van der Waals surface area contributed by atoms with Crippen LogP contribution in [0.25, 0.3) is 11.8 Å². The van der Waals surface area contributed by atoms with E-state index in [1.165, 1.54) is 37.5 Å². The Morgan fingerprint density at radius 2 is 2.00 bits per heavy atom. The molecule has 1 aliphatic heterocycles. The van der Waals surface area contributed by atoms with Gasteiger partial charge in [0, 0.05) is 18.8 Å². The zero-order chi connectivity index (χ0) is 25.9. The molecule has 0 saturated carbocycles.